The van der Waals surface area contributed by atoms with Gasteiger partial charge in [-0.2, -0.15) is 0 Å². The Labute approximate surface area is 123 Å². The van der Waals surface area contributed by atoms with Crippen molar-refractivity contribution in [3.63, 3.8) is 0 Å². The molecule has 1 aromatic carbocycles. The summed E-state index contributed by atoms with van der Waals surface area (Å²) in [6.07, 6.45) is 5.34. The first-order chi connectivity index (χ1) is 9.74. The van der Waals surface area contributed by atoms with Gasteiger partial charge in [0.15, 0.2) is 0 Å². The van der Waals surface area contributed by atoms with Crippen LogP contribution < -0.4 is 10.5 Å². The fourth-order valence-electron chi connectivity index (χ4n) is 3.22. The van der Waals surface area contributed by atoms with Crippen molar-refractivity contribution in [2.24, 2.45) is 11.7 Å². The van der Waals surface area contributed by atoms with Crippen LogP contribution in [0.25, 0.3) is 0 Å². The lowest BCUT2D eigenvalue weighted by Crippen LogP contribution is -2.38. The fourth-order valence-corrected chi connectivity index (χ4v) is 3.22. The normalized spacial score (nSPS) is 18.9. The first-order valence-corrected chi connectivity index (χ1v) is 7.85. The fraction of sp³-hybridized carbons (Fsp3) is 0.647. The number of hydrogen-bond donors (Lipinski definition) is 1. The maximum Gasteiger partial charge on any atom is 0.123 e. The zero-order chi connectivity index (χ0) is 14.4. The number of methoxy groups -OCH3 is 1. The molecule has 20 heavy (non-hydrogen) atoms. The van der Waals surface area contributed by atoms with Crippen molar-refractivity contribution >= 4 is 0 Å². The molecule has 1 heterocycles. The lowest BCUT2D eigenvalue weighted by Gasteiger charge is -2.33. The minimum absolute atomic E-state index is 0.0360. The predicted octanol–water partition coefficient (Wildman–Crippen LogP) is 3.21. The Hall–Kier alpha value is -1.06. The first-order valence-electron chi connectivity index (χ1n) is 7.85. The van der Waals surface area contributed by atoms with Gasteiger partial charge in [0.1, 0.15) is 5.75 Å². The number of nitrogens with zero attached hydrogens (tertiary/aromatic N) is 1. The zero-order valence-corrected chi connectivity index (χ0v) is 12.8. The molecular weight excluding hydrogens is 248 g/mol. The number of benzene rings is 1. The first kappa shape index (κ1) is 15.3. The molecule has 0 radical (unpaired) electrons. The molecule has 1 aliphatic heterocycles. The summed E-state index contributed by atoms with van der Waals surface area (Å²) >= 11 is 0. The number of rotatable bonds is 6. The van der Waals surface area contributed by atoms with Gasteiger partial charge in [-0.05, 0) is 37.9 Å². The molecule has 0 aromatic heterocycles. The molecule has 3 nitrogen and oxygen atoms in total. The molecule has 1 aliphatic rings. The number of hydrogen-bond acceptors (Lipinski definition) is 3. The lowest BCUT2D eigenvalue weighted by molar-refractivity contribution is 0.169. The van der Waals surface area contributed by atoms with Crippen LogP contribution in [-0.2, 0) is 0 Å². The van der Waals surface area contributed by atoms with E-state index >= 15 is 0 Å². The summed E-state index contributed by atoms with van der Waals surface area (Å²) in [6.45, 7) is 5.59. The molecule has 0 bridgehead atoms. The maximum atomic E-state index is 6.37. The topological polar surface area (TPSA) is 38.5 Å². The molecule has 3 heteroatoms. The van der Waals surface area contributed by atoms with E-state index in [1.54, 1.807) is 7.11 Å². The summed E-state index contributed by atoms with van der Waals surface area (Å²) in [7, 11) is 1.71. The van der Waals surface area contributed by atoms with E-state index in [4.69, 9.17) is 10.5 Å². The summed E-state index contributed by atoms with van der Waals surface area (Å²) in [6, 6.07) is 8.13. The molecule has 0 aliphatic carbocycles. The molecule has 0 saturated carbocycles. The average molecular weight is 276 g/mol. The Kier molecular flexibility index (Phi) is 5.86. The molecular formula is C17H28N2O. The zero-order valence-electron chi connectivity index (χ0n) is 12.8. The Balaban J connectivity index is 1.87. The summed E-state index contributed by atoms with van der Waals surface area (Å²) in [5.41, 5.74) is 7.49. The van der Waals surface area contributed by atoms with Crippen LogP contribution in [0, 0.1) is 5.92 Å². The number of nitrogens with two attached hydrogens (primary N) is 1. The summed E-state index contributed by atoms with van der Waals surface area (Å²) in [5.74, 6) is 1.83. The SMILES string of the molecule is CCCC1CCN(CC(N)c2ccccc2OC)CC1. The van der Waals surface area contributed by atoms with E-state index in [9.17, 15) is 0 Å². The number of piperidine rings is 1. The second-order valence-corrected chi connectivity index (χ2v) is 5.88. The maximum absolute atomic E-state index is 6.37. The van der Waals surface area contributed by atoms with Gasteiger partial charge in [-0.3, -0.25) is 0 Å². The highest BCUT2D eigenvalue weighted by Gasteiger charge is 2.21. The van der Waals surface area contributed by atoms with Crippen molar-refractivity contribution in [3.8, 4) is 5.75 Å². The van der Waals surface area contributed by atoms with Gasteiger partial charge in [0, 0.05) is 18.2 Å². The van der Waals surface area contributed by atoms with Crippen LogP contribution in [-0.4, -0.2) is 31.6 Å². The van der Waals surface area contributed by atoms with E-state index in [0.29, 0.717) is 0 Å². The second-order valence-electron chi connectivity index (χ2n) is 5.88. The third kappa shape index (κ3) is 3.97. The van der Waals surface area contributed by atoms with Crippen LogP contribution in [0.3, 0.4) is 0 Å². The Bertz CT molecular complexity index is 400. The molecule has 0 spiro atoms. The summed E-state index contributed by atoms with van der Waals surface area (Å²) in [5, 5.41) is 0. The highest BCUT2D eigenvalue weighted by Crippen LogP contribution is 2.26. The summed E-state index contributed by atoms with van der Waals surface area (Å²) < 4.78 is 5.41. The van der Waals surface area contributed by atoms with Crippen molar-refractivity contribution in [2.45, 2.75) is 38.6 Å². The van der Waals surface area contributed by atoms with Gasteiger partial charge in [0.2, 0.25) is 0 Å². The third-order valence-corrected chi connectivity index (χ3v) is 4.40. The number of para-hydroxylation sites is 1. The van der Waals surface area contributed by atoms with Crippen molar-refractivity contribution in [1.29, 1.82) is 0 Å². The molecule has 1 saturated heterocycles. The average Bonchev–Trinajstić information content (AvgIpc) is 2.49. The second kappa shape index (κ2) is 7.65. The van der Waals surface area contributed by atoms with E-state index < -0.39 is 0 Å². The highest BCUT2D eigenvalue weighted by atomic mass is 16.5. The van der Waals surface area contributed by atoms with Crippen LogP contribution in [0.1, 0.15) is 44.2 Å². The largest absolute Gasteiger partial charge is 0.496 e. The molecule has 2 rings (SSSR count). The lowest BCUT2D eigenvalue weighted by atomic mass is 9.92. The van der Waals surface area contributed by atoms with Gasteiger partial charge in [0.25, 0.3) is 0 Å². The van der Waals surface area contributed by atoms with Crippen LogP contribution in [0.5, 0.6) is 5.75 Å². The van der Waals surface area contributed by atoms with Crippen LogP contribution in [0.2, 0.25) is 0 Å². The third-order valence-electron chi connectivity index (χ3n) is 4.40. The van der Waals surface area contributed by atoms with Gasteiger partial charge in [-0.15, -0.1) is 0 Å². The van der Waals surface area contributed by atoms with Crippen molar-refractivity contribution in [1.82, 2.24) is 4.90 Å². The van der Waals surface area contributed by atoms with Gasteiger partial charge >= 0.3 is 0 Å². The molecule has 112 valence electrons. The van der Waals surface area contributed by atoms with Crippen LogP contribution in [0.15, 0.2) is 24.3 Å². The van der Waals surface area contributed by atoms with Gasteiger partial charge in [0.05, 0.1) is 7.11 Å². The van der Waals surface area contributed by atoms with E-state index in [2.05, 4.69) is 17.9 Å². The van der Waals surface area contributed by atoms with Crippen LogP contribution >= 0.6 is 0 Å². The van der Waals surface area contributed by atoms with Gasteiger partial charge < -0.3 is 15.4 Å². The van der Waals surface area contributed by atoms with E-state index in [1.807, 2.05) is 18.2 Å². The van der Waals surface area contributed by atoms with E-state index in [-0.39, 0.29) is 6.04 Å². The minimum atomic E-state index is 0.0360. The monoisotopic (exact) mass is 276 g/mol. The molecule has 1 aromatic rings. The number of ether oxygens (including phenoxy) is 1. The Morgan fingerprint density at radius 2 is 2.00 bits per heavy atom. The molecule has 1 unspecified atom stereocenters. The summed E-state index contributed by atoms with van der Waals surface area (Å²) in [4.78, 5) is 2.50. The Morgan fingerprint density at radius 1 is 1.30 bits per heavy atom. The Morgan fingerprint density at radius 3 is 2.65 bits per heavy atom. The molecule has 2 N–H and O–H groups in total. The smallest absolute Gasteiger partial charge is 0.123 e. The van der Waals surface area contributed by atoms with Crippen molar-refractivity contribution in [3.05, 3.63) is 29.8 Å². The van der Waals surface area contributed by atoms with Crippen LogP contribution in [0.4, 0.5) is 0 Å². The van der Waals surface area contributed by atoms with Crippen molar-refractivity contribution < 1.29 is 4.74 Å². The molecule has 1 atom stereocenters. The van der Waals surface area contributed by atoms with E-state index in [1.165, 1.54) is 38.8 Å². The van der Waals surface area contributed by atoms with E-state index in [0.717, 1.165) is 23.8 Å². The predicted molar refractivity (Wildman–Crippen MR) is 84.0 cm³/mol. The molecule has 1 fully saturated rings. The van der Waals surface area contributed by atoms with Gasteiger partial charge in [-0.1, -0.05) is 38.0 Å². The standard InChI is InChI=1S/C17H28N2O/c1-3-6-14-9-11-19(12-10-14)13-16(18)15-7-4-5-8-17(15)20-2/h4-5,7-8,14,16H,3,6,9-13,18H2,1-2H3. The van der Waals surface area contributed by atoms with Crippen molar-refractivity contribution in [2.75, 3.05) is 26.7 Å². The quantitative estimate of drug-likeness (QED) is 0.867. The minimum Gasteiger partial charge on any atom is -0.496 e. The molecule has 0 amide bonds. The van der Waals surface area contributed by atoms with Gasteiger partial charge in [-0.25, -0.2) is 0 Å². The number of likely N-dealkylation sites (tertiary alicyclic amines) is 1. The highest BCUT2D eigenvalue weighted by molar-refractivity contribution is 5.35.